The van der Waals surface area contributed by atoms with Gasteiger partial charge in [0.2, 0.25) is 0 Å². The number of aromatic nitrogens is 1. The van der Waals surface area contributed by atoms with Crippen molar-refractivity contribution in [3.05, 3.63) is 28.4 Å². The Morgan fingerprint density at radius 3 is 2.58 bits per heavy atom. The minimum atomic E-state index is -0.489. The molecule has 1 aliphatic heterocycles. The zero-order chi connectivity index (χ0) is 13.7. The zero-order valence-corrected chi connectivity index (χ0v) is 10.7. The maximum atomic E-state index is 10.5. The molecule has 2 heterocycles. The highest BCUT2D eigenvalue weighted by Crippen LogP contribution is 2.18. The molecule has 0 spiro atoms. The van der Waals surface area contributed by atoms with Crippen LogP contribution in [0.15, 0.2) is 18.3 Å². The third kappa shape index (κ3) is 3.62. The van der Waals surface area contributed by atoms with E-state index in [2.05, 4.69) is 14.8 Å². The number of aliphatic hydroxyl groups is 1. The molecule has 1 aliphatic rings. The van der Waals surface area contributed by atoms with Crippen LogP contribution in [-0.2, 0) is 0 Å². The maximum Gasteiger partial charge on any atom is 0.363 e. The molecule has 7 heteroatoms. The normalized spacial score (nSPS) is 16.6. The van der Waals surface area contributed by atoms with Crippen molar-refractivity contribution >= 4 is 11.5 Å². The van der Waals surface area contributed by atoms with E-state index in [4.69, 9.17) is 5.11 Å². The first-order valence-electron chi connectivity index (χ1n) is 6.39. The highest BCUT2D eigenvalue weighted by molar-refractivity contribution is 5.46. The van der Waals surface area contributed by atoms with Gasteiger partial charge in [0.25, 0.3) is 0 Å². The first-order chi connectivity index (χ1) is 9.20. The van der Waals surface area contributed by atoms with Crippen molar-refractivity contribution in [2.45, 2.75) is 6.42 Å². The summed E-state index contributed by atoms with van der Waals surface area (Å²) < 4.78 is 0. The lowest BCUT2D eigenvalue weighted by molar-refractivity contribution is -0.389. The van der Waals surface area contributed by atoms with E-state index >= 15 is 0 Å². The van der Waals surface area contributed by atoms with E-state index in [0.29, 0.717) is 0 Å². The molecule has 1 aromatic rings. The lowest BCUT2D eigenvalue weighted by Crippen LogP contribution is -2.46. The van der Waals surface area contributed by atoms with Crippen molar-refractivity contribution in [3.63, 3.8) is 0 Å². The smallest absolute Gasteiger partial charge is 0.363 e. The molecule has 104 valence electrons. The van der Waals surface area contributed by atoms with Gasteiger partial charge in [-0.05, 0) is 22.4 Å². The first-order valence-corrected chi connectivity index (χ1v) is 6.39. The second-order valence-corrected chi connectivity index (χ2v) is 4.54. The summed E-state index contributed by atoms with van der Waals surface area (Å²) in [5, 5.41) is 19.3. The van der Waals surface area contributed by atoms with E-state index in [-0.39, 0.29) is 12.4 Å². The summed E-state index contributed by atoms with van der Waals surface area (Å²) in [7, 11) is 0. The van der Waals surface area contributed by atoms with Gasteiger partial charge in [-0.1, -0.05) is 0 Å². The van der Waals surface area contributed by atoms with E-state index in [1.807, 2.05) is 0 Å². The van der Waals surface area contributed by atoms with Crippen LogP contribution in [0.25, 0.3) is 0 Å². The molecule has 1 N–H and O–H groups in total. The lowest BCUT2D eigenvalue weighted by Gasteiger charge is -2.35. The second-order valence-electron chi connectivity index (χ2n) is 4.54. The van der Waals surface area contributed by atoms with Gasteiger partial charge in [0, 0.05) is 45.4 Å². The Balaban J connectivity index is 1.88. The van der Waals surface area contributed by atoms with Crippen LogP contribution in [0, 0.1) is 10.1 Å². The van der Waals surface area contributed by atoms with Crippen LogP contribution in [0.3, 0.4) is 0 Å². The van der Waals surface area contributed by atoms with E-state index in [1.54, 1.807) is 12.3 Å². The quantitative estimate of drug-likeness (QED) is 0.617. The monoisotopic (exact) mass is 266 g/mol. The van der Waals surface area contributed by atoms with Crippen molar-refractivity contribution < 1.29 is 10.0 Å². The van der Waals surface area contributed by atoms with Gasteiger partial charge < -0.3 is 20.1 Å². The Bertz CT molecular complexity index is 415. The van der Waals surface area contributed by atoms with Gasteiger partial charge >= 0.3 is 5.82 Å². The van der Waals surface area contributed by atoms with Crippen LogP contribution in [0.2, 0.25) is 0 Å². The number of nitrogens with zero attached hydrogens (tertiary/aromatic N) is 4. The van der Waals surface area contributed by atoms with Crippen molar-refractivity contribution in [1.29, 1.82) is 0 Å². The zero-order valence-electron chi connectivity index (χ0n) is 10.7. The topological polar surface area (TPSA) is 82.7 Å². The molecule has 0 bridgehead atoms. The summed E-state index contributed by atoms with van der Waals surface area (Å²) in [5.41, 5.74) is 0.924. The Morgan fingerprint density at radius 1 is 1.32 bits per heavy atom. The average Bonchev–Trinajstić information content (AvgIpc) is 2.46. The number of nitro groups is 1. The number of hydrogen-bond donors (Lipinski definition) is 1. The van der Waals surface area contributed by atoms with Gasteiger partial charge in [-0.3, -0.25) is 4.90 Å². The third-order valence-corrected chi connectivity index (χ3v) is 3.29. The van der Waals surface area contributed by atoms with E-state index in [1.165, 1.54) is 6.07 Å². The minimum Gasteiger partial charge on any atom is -0.396 e. The number of pyridine rings is 1. The van der Waals surface area contributed by atoms with Gasteiger partial charge in [0.05, 0.1) is 5.69 Å². The summed E-state index contributed by atoms with van der Waals surface area (Å²) >= 11 is 0. The number of rotatable bonds is 5. The van der Waals surface area contributed by atoms with Crippen molar-refractivity contribution in [2.24, 2.45) is 0 Å². The Labute approximate surface area is 111 Å². The summed E-state index contributed by atoms with van der Waals surface area (Å²) in [4.78, 5) is 18.4. The molecule has 1 saturated heterocycles. The van der Waals surface area contributed by atoms with Crippen LogP contribution in [0.4, 0.5) is 11.5 Å². The molecule has 0 unspecified atom stereocenters. The van der Waals surface area contributed by atoms with Crippen LogP contribution in [-0.4, -0.2) is 59.2 Å². The Hall–Kier alpha value is -1.73. The van der Waals surface area contributed by atoms with Crippen LogP contribution in [0.1, 0.15) is 6.42 Å². The number of aliphatic hydroxyl groups excluding tert-OH is 1. The summed E-state index contributed by atoms with van der Waals surface area (Å²) in [6.07, 6.45) is 2.36. The van der Waals surface area contributed by atoms with Gasteiger partial charge in [0.1, 0.15) is 0 Å². The van der Waals surface area contributed by atoms with Crippen molar-refractivity contribution in [2.75, 3.05) is 44.2 Å². The minimum absolute atomic E-state index is 0.120. The number of piperazine rings is 1. The lowest BCUT2D eigenvalue weighted by atomic mass is 10.2. The second kappa shape index (κ2) is 6.44. The SMILES string of the molecule is O=[N+]([O-])c1ccc(N2CCN(CCCO)CC2)cn1. The Morgan fingerprint density at radius 2 is 2.05 bits per heavy atom. The maximum absolute atomic E-state index is 10.5. The molecular formula is C12H18N4O3. The van der Waals surface area contributed by atoms with Gasteiger partial charge in [-0.2, -0.15) is 0 Å². The fraction of sp³-hybridized carbons (Fsp3) is 0.583. The van der Waals surface area contributed by atoms with E-state index < -0.39 is 4.92 Å². The molecule has 19 heavy (non-hydrogen) atoms. The molecule has 0 atom stereocenters. The molecule has 7 nitrogen and oxygen atoms in total. The van der Waals surface area contributed by atoms with Gasteiger partial charge in [0.15, 0.2) is 6.20 Å². The molecule has 0 radical (unpaired) electrons. The van der Waals surface area contributed by atoms with Crippen molar-refractivity contribution in [3.8, 4) is 0 Å². The van der Waals surface area contributed by atoms with Crippen LogP contribution in [0.5, 0.6) is 0 Å². The fourth-order valence-corrected chi connectivity index (χ4v) is 2.20. The molecule has 0 aromatic carbocycles. The fourth-order valence-electron chi connectivity index (χ4n) is 2.20. The summed E-state index contributed by atoms with van der Waals surface area (Å²) in [6, 6.07) is 3.18. The average molecular weight is 266 g/mol. The summed E-state index contributed by atoms with van der Waals surface area (Å²) in [6.45, 7) is 4.79. The molecule has 1 fully saturated rings. The number of anilines is 1. The van der Waals surface area contributed by atoms with E-state index in [0.717, 1.165) is 44.8 Å². The Kier molecular flexibility index (Phi) is 4.64. The highest BCUT2D eigenvalue weighted by Gasteiger charge is 2.18. The largest absolute Gasteiger partial charge is 0.396 e. The third-order valence-electron chi connectivity index (χ3n) is 3.29. The van der Waals surface area contributed by atoms with Gasteiger partial charge in [-0.15, -0.1) is 0 Å². The molecule has 1 aromatic heterocycles. The van der Waals surface area contributed by atoms with E-state index in [9.17, 15) is 10.1 Å². The van der Waals surface area contributed by atoms with Crippen molar-refractivity contribution in [1.82, 2.24) is 9.88 Å². The molecule has 0 aliphatic carbocycles. The molecular weight excluding hydrogens is 248 g/mol. The van der Waals surface area contributed by atoms with Crippen LogP contribution < -0.4 is 4.90 Å². The summed E-state index contributed by atoms with van der Waals surface area (Å²) in [5.74, 6) is -0.120. The predicted molar refractivity (Wildman–Crippen MR) is 71.2 cm³/mol. The molecule has 0 saturated carbocycles. The van der Waals surface area contributed by atoms with Gasteiger partial charge in [-0.25, -0.2) is 0 Å². The standard InChI is InChI=1S/C12H18N4O3/c17-9-1-4-14-5-7-15(8-6-14)11-2-3-12(13-10-11)16(18)19/h2-3,10,17H,1,4-9H2. The molecule has 0 amide bonds. The highest BCUT2D eigenvalue weighted by atomic mass is 16.6. The first kappa shape index (κ1) is 13.7. The number of hydrogen-bond acceptors (Lipinski definition) is 6. The predicted octanol–water partition coefficient (Wildman–Crippen LogP) is 0.494. The van der Waals surface area contributed by atoms with Crippen LogP contribution >= 0.6 is 0 Å². The molecule has 2 rings (SSSR count).